The van der Waals surface area contributed by atoms with Crippen LogP contribution in [0.15, 0.2) is 18.3 Å². The summed E-state index contributed by atoms with van der Waals surface area (Å²) in [6, 6.07) is 2.55. The van der Waals surface area contributed by atoms with Gasteiger partial charge in [0.05, 0.1) is 4.92 Å². The Balaban J connectivity index is 2.61. The molecule has 0 radical (unpaired) electrons. The van der Waals surface area contributed by atoms with E-state index >= 15 is 0 Å². The molecule has 0 saturated carbocycles. The van der Waals surface area contributed by atoms with Gasteiger partial charge >= 0.3 is 6.09 Å². The van der Waals surface area contributed by atoms with Gasteiger partial charge in [-0.3, -0.25) is 15.1 Å². The van der Waals surface area contributed by atoms with Crippen molar-refractivity contribution in [2.45, 2.75) is 38.8 Å². The van der Waals surface area contributed by atoms with Crippen LogP contribution in [0.2, 0.25) is 0 Å². The Kier molecular flexibility index (Phi) is 5.60. The maximum Gasteiger partial charge on any atom is 0.407 e. The molecular weight excluding hydrogens is 276 g/mol. The molecule has 0 aliphatic rings. The van der Waals surface area contributed by atoms with Crippen LogP contribution in [0.5, 0.6) is 0 Å². The number of amides is 1. The van der Waals surface area contributed by atoms with Gasteiger partial charge in [0.1, 0.15) is 11.8 Å². The van der Waals surface area contributed by atoms with E-state index in [-0.39, 0.29) is 18.3 Å². The maximum atomic E-state index is 11.7. The number of carbonyl (C=O) groups excluding carboxylic acids is 1. The second kappa shape index (κ2) is 6.98. The third-order valence-corrected chi connectivity index (χ3v) is 2.48. The Morgan fingerprint density at radius 3 is 2.62 bits per heavy atom. The molecule has 1 atom stereocenters. The predicted octanol–water partition coefficient (Wildman–Crippen LogP) is 1.38. The molecule has 116 valence electrons. The molecule has 0 aliphatic carbocycles. The van der Waals surface area contributed by atoms with Gasteiger partial charge in [0, 0.05) is 30.8 Å². The Bertz CT molecular complexity index is 496. The van der Waals surface area contributed by atoms with Gasteiger partial charge in [0.15, 0.2) is 0 Å². The first-order valence-electron chi connectivity index (χ1n) is 6.50. The fourth-order valence-corrected chi connectivity index (χ4v) is 1.57. The van der Waals surface area contributed by atoms with E-state index in [4.69, 9.17) is 10.5 Å². The van der Waals surface area contributed by atoms with Crippen LogP contribution in [0, 0.1) is 10.1 Å². The van der Waals surface area contributed by atoms with Crippen molar-refractivity contribution in [1.29, 1.82) is 0 Å². The lowest BCUT2D eigenvalue weighted by atomic mass is 10.1. The molecule has 21 heavy (non-hydrogen) atoms. The lowest BCUT2D eigenvalue weighted by Gasteiger charge is -2.22. The van der Waals surface area contributed by atoms with Gasteiger partial charge in [-0.1, -0.05) is 0 Å². The van der Waals surface area contributed by atoms with Crippen LogP contribution in [-0.4, -0.2) is 34.2 Å². The van der Waals surface area contributed by atoms with E-state index in [2.05, 4.69) is 10.3 Å². The number of ether oxygens (including phenoxy) is 1. The van der Waals surface area contributed by atoms with Gasteiger partial charge in [-0.05, 0) is 26.8 Å². The van der Waals surface area contributed by atoms with E-state index in [9.17, 15) is 14.9 Å². The Morgan fingerprint density at radius 2 is 2.19 bits per heavy atom. The summed E-state index contributed by atoms with van der Waals surface area (Å²) in [6.45, 7) is 5.50. The molecule has 8 heteroatoms. The second-order valence-electron chi connectivity index (χ2n) is 5.55. The minimum Gasteiger partial charge on any atom is -0.444 e. The Labute approximate surface area is 122 Å². The van der Waals surface area contributed by atoms with Crippen LogP contribution in [0.1, 0.15) is 26.5 Å². The van der Waals surface area contributed by atoms with Crippen molar-refractivity contribution in [3.05, 3.63) is 34.1 Å². The Hall–Kier alpha value is -2.22. The summed E-state index contributed by atoms with van der Waals surface area (Å²) >= 11 is 0. The third-order valence-electron chi connectivity index (χ3n) is 2.48. The first-order chi connectivity index (χ1) is 9.71. The van der Waals surface area contributed by atoms with Gasteiger partial charge in [-0.25, -0.2) is 4.79 Å². The fourth-order valence-electron chi connectivity index (χ4n) is 1.57. The molecule has 0 aromatic carbocycles. The van der Waals surface area contributed by atoms with E-state index in [0.29, 0.717) is 12.1 Å². The SMILES string of the molecule is CC(C)(C)OC(=O)NC(CN)Cc1ccc([N+](=O)[O-])cn1. The van der Waals surface area contributed by atoms with Gasteiger partial charge in [0.2, 0.25) is 0 Å². The van der Waals surface area contributed by atoms with Gasteiger partial charge in [-0.15, -0.1) is 0 Å². The van der Waals surface area contributed by atoms with Crippen molar-refractivity contribution in [2.24, 2.45) is 5.73 Å². The zero-order chi connectivity index (χ0) is 16.0. The highest BCUT2D eigenvalue weighted by atomic mass is 16.6. The Morgan fingerprint density at radius 1 is 1.52 bits per heavy atom. The number of aromatic nitrogens is 1. The molecule has 1 aromatic heterocycles. The topological polar surface area (TPSA) is 120 Å². The highest BCUT2D eigenvalue weighted by Crippen LogP contribution is 2.11. The maximum absolute atomic E-state index is 11.7. The predicted molar refractivity (Wildman–Crippen MR) is 76.8 cm³/mol. The first kappa shape index (κ1) is 16.8. The monoisotopic (exact) mass is 296 g/mol. The van der Waals surface area contributed by atoms with Crippen molar-refractivity contribution >= 4 is 11.8 Å². The molecule has 0 saturated heterocycles. The first-order valence-corrected chi connectivity index (χ1v) is 6.50. The van der Waals surface area contributed by atoms with E-state index < -0.39 is 16.6 Å². The van der Waals surface area contributed by atoms with Crippen LogP contribution < -0.4 is 11.1 Å². The lowest BCUT2D eigenvalue weighted by Crippen LogP contribution is -2.44. The molecule has 0 fully saturated rings. The molecule has 3 N–H and O–H groups in total. The van der Waals surface area contributed by atoms with Crippen molar-refractivity contribution in [1.82, 2.24) is 10.3 Å². The number of rotatable bonds is 5. The van der Waals surface area contributed by atoms with Crippen molar-refractivity contribution < 1.29 is 14.5 Å². The summed E-state index contributed by atoms with van der Waals surface area (Å²) in [5, 5.41) is 13.2. The van der Waals surface area contributed by atoms with Crippen LogP contribution in [0.4, 0.5) is 10.5 Å². The number of nitro groups is 1. The molecule has 1 unspecified atom stereocenters. The molecule has 1 rings (SSSR count). The second-order valence-corrected chi connectivity index (χ2v) is 5.55. The molecule has 8 nitrogen and oxygen atoms in total. The van der Waals surface area contributed by atoms with E-state index in [1.807, 2.05) is 0 Å². The summed E-state index contributed by atoms with van der Waals surface area (Å²) in [7, 11) is 0. The van der Waals surface area contributed by atoms with Crippen molar-refractivity contribution in [2.75, 3.05) is 6.54 Å². The van der Waals surface area contributed by atoms with Crippen molar-refractivity contribution in [3.63, 3.8) is 0 Å². The van der Waals surface area contributed by atoms with E-state index in [1.165, 1.54) is 18.3 Å². The van der Waals surface area contributed by atoms with Crippen LogP contribution in [-0.2, 0) is 11.2 Å². The van der Waals surface area contributed by atoms with Gasteiger partial charge in [-0.2, -0.15) is 0 Å². The highest BCUT2D eigenvalue weighted by molar-refractivity contribution is 5.68. The number of nitrogens with zero attached hydrogens (tertiary/aromatic N) is 2. The molecule has 0 bridgehead atoms. The largest absolute Gasteiger partial charge is 0.444 e. The number of carbonyl (C=O) groups is 1. The summed E-state index contributed by atoms with van der Waals surface area (Å²) in [6.07, 6.45) is 0.990. The standard InChI is InChI=1S/C13H20N4O4/c1-13(2,3)21-12(18)16-10(7-14)6-9-4-5-11(8-15-9)17(19)20/h4-5,8,10H,6-7,14H2,1-3H3,(H,16,18). The minimum absolute atomic E-state index is 0.0804. The quantitative estimate of drug-likeness (QED) is 0.625. The zero-order valence-electron chi connectivity index (χ0n) is 12.3. The number of nitrogens with one attached hydrogen (secondary N) is 1. The number of nitrogens with two attached hydrogens (primary N) is 1. The average molecular weight is 296 g/mol. The smallest absolute Gasteiger partial charge is 0.407 e. The van der Waals surface area contributed by atoms with E-state index in [0.717, 1.165) is 0 Å². The van der Waals surface area contributed by atoms with E-state index in [1.54, 1.807) is 20.8 Å². The summed E-state index contributed by atoms with van der Waals surface area (Å²) < 4.78 is 5.14. The molecular formula is C13H20N4O4. The molecule has 1 heterocycles. The summed E-state index contributed by atoms with van der Waals surface area (Å²) in [4.78, 5) is 25.7. The number of hydrogen-bond acceptors (Lipinski definition) is 6. The number of hydrogen-bond donors (Lipinski definition) is 2. The number of pyridine rings is 1. The molecule has 0 aliphatic heterocycles. The molecule has 1 aromatic rings. The van der Waals surface area contributed by atoms with Crippen LogP contribution >= 0.6 is 0 Å². The molecule has 1 amide bonds. The van der Waals surface area contributed by atoms with Crippen LogP contribution in [0.25, 0.3) is 0 Å². The number of alkyl carbamates (subject to hydrolysis) is 1. The average Bonchev–Trinajstić information content (AvgIpc) is 2.36. The lowest BCUT2D eigenvalue weighted by molar-refractivity contribution is -0.385. The van der Waals surface area contributed by atoms with Crippen LogP contribution in [0.3, 0.4) is 0 Å². The fraction of sp³-hybridized carbons (Fsp3) is 0.538. The third kappa shape index (κ3) is 6.17. The van der Waals surface area contributed by atoms with Crippen molar-refractivity contribution in [3.8, 4) is 0 Å². The minimum atomic E-state index is -0.588. The summed E-state index contributed by atoms with van der Waals surface area (Å²) in [5.74, 6) is 0. The summed E-state index contributed by atoms with van der Waals surface area (Å²) in [5.41, 5.74) is 5.54. The zero-order valence-corrected chi connectivity index (χ0v) is 12.3. The highest BCUT2D eigenvalue weighted by Gasteiger charge is 2.19. The normalized spacial score (nSPS) is 12.6. The molecule has 0 spiro atoms. The van der Waals surface area contributed by atoms with Gasteiger partial charge in [0.25, 0.3) is 5.69 Å². The van der Waals surface area contributed by atoms with Gasteiger partial charge < -0.3 is 15.8 Å².